The van der Waals surface area contributed by atoms with Crippen molar-refractivity contribution >= 4 is 38.0 Å². The summed E-state index contributed by atoms with van der Waals surface area (Å²) in [6.45, 7) is 4.09. The summed E-state index contributed by atoms with van der Waals surface area (Å²) in [6.07, 6.45) is 2.12. The van der Waals surface area contributed by atoms with E-state index < -0.39 is 0 Å². The Hall–Kier alpha value is -0.350. The van der Waals surface area contributed by atoms with Gasteiger partial charge in [0.25, 0.3) is 0 Å². The lowest BCUT2D eigenvalue weighted by molar-refractivity contribution is 1.24. The minimum absolute atomic E-state index is 0.885. The Morgan fingerprint density at radius 1 is 1.69 bits per heavy atom. The molecule has 0 amide bonds. The van der Waals surface area contributed by atoms with E-state index in [-0.39, 0.29) is 0 Å². The highest BCUT2D eigenvalue weighted by molar-refractivity contribution is 9.09. The fraction of sp³-hybridized carbons (Fsp3) is 0.444. The lowest BCUT2D eigenvalue weighted by Crippen LogP contribution is -1.85. The molecule has 0 aliphatic rings. The number of anilines is 1. The smallest absolute Gasteiger partial charge is 0.183 e. The average Bonchev–Trinajstić information content (AvgIpc) is 2.50. The summed E-state index contributed by atoms with van der Waals surface area (Å²) in [7, 11) is 1.89. The summed E-state index contributed by atoms with van der Waals surface area (Å²) in [5, 5.41) is 4.92. The largest absolute Gasteiger partial charge is 0.365 e. The summed E-state index contributed by atoms with van der Waals surface area (Å²) in [6, 6.07) is 0. The van der Waals surface area contributed by atoms with Gasteiger partial charge < -0.3 is 5.32 Å². The average molecular weight is 261 g/mol. The van der Waals surface area contributed by atoms with E-state index >= 15 is 0 Å². The molecule has 0 aliphatic carbocycles. The first-order valence-corrected chi connectivity index (χ1v) is 6.03. The number of hydrogen-bond donors (Lipinski definition) is 1. The predicted molar refractivity (Wildman–Crippen MR) is 63.8 cm³/mol. The van der Waals surface area contributed by atoms with Crippen LogP contribution in [0.15, 0.2) is 6.08 Å². The van der Waals surface area contributed by atoms with E-state index in [1.807, 2.05) is 14.0 Å². The van der Waals surface area contributed by atoms with Crippen LogP contribution in [0.1, 0.15) is 17.5 Å². The molecular formula is C9H13BrN2S. The molecule has 13 heavy (non-hydrogen) atoms. The van der Waals surface area contributed by atoms with Gasteiger partial charge in [0.1, 0.15) is 0 Å². The van der Waals surface area contributed by atoms with Gasteiger partial charge in [-0.25, -0.2) is 4.98 Å². The van der Waals surface area contributed by atoms with Crippen LogP contribution in [0.4, 0.5) is 5.13 Å². The van der Waals surface area contributed by atoms with Crippen LogP contribution in [0.5, 0.6) is 0 Å². The number of aryl methyl sites for hydroxylation is 1. The van der Waals surface area contributed by atoms with Crippen LogP contribution in [0.2, 0.25) is 0 Å². The summed E-state index contributed by atoms with van der Waals surface area (Å²) in [4.78, 5) is 5.66. The number of nitrogens with one attached hydrogen (secondary N) is 1. The Kier molecular flexibility index (Phi) is 3.93. The predicted octanol–water partition coefficient (Wildman–Crippen LogP) is 3.29. The van der Waals surface area contributed by atoms with Crippen LogP contribution in [0.25, 0.3) is 5.57 Å². The Labute approximate surface area is 91.2 Å². The lowest BCUT2D eigenvalue weighted by atomic mass is 10.2. The van der Waals surface area contributed by atoms with Crippen molar-refractivity contribution < 1.29 is 0 Å². The number of allylic oxidation sites excluding steroid dienone is 2. The minimum Gasteiger partial charge on any atom is -0.365 e. The Morgan fingerprint density at radius 2 is 2.38 bits per heavy atom. The van der Waals surface area contributed by atoms with E-state index in [2.05, 4.69) is 39.2 Å². The number of thiazole rings is 1. The van der Waals surface area contributed by atoms with Gasteiger partial charge in [-0.2, -0.15) is 0 Å². The van der Waals surface area contributed by atoms with E-state index in [1.54, 1.807) is 11.3 Å². The first kappa shape index (κ1) is 10.7. The third-order valence-electron chi connectivity index (χ3n) is 1.79. The second-order valence-corrected chi connectivity index (χ2v) is 4.19. The molecule has 1 N–H and O–H groups in total. The number of rotatable bonds is 3. The Morgan fingerprint density at radius 3 is 2.77 bits per heavy atom. The Balaban J connectivity index is 3.06. The normalized spacial score (nSPS) is 11.8. The van der Waals surface area contributed by atoms with Crippen LogP contribution in [0, 0.1) is 6.92 Å². The molecule has 1 heterocycles. The molecule has 0 spiro atoms. The van der Waals surface area contributed by atoms with Crippen molar-refractivity contribution in [3.05, 3.63) is 16.6 Å². The minimum atomic E-state index is 0.885. The Bertz CT molecular complexity index is 317. The highest BCUT2D eigenvalue weighted by atomic mass is 79.9. The van der Waals surface area contributed by atoms with Crippen molar-refractivity contribution in [1.82, 2.24) is 4.98 Å². The first-order valence-electron chi connectivity index (χ1n) is 4.09. The molecule has 0 radical (unpaired) electrons. The third-order valence-corrected chi connectivity index (χ3v) is 3.65. The van der Waals surface area contributed by atoms with Gasteiger partial charge in [0.05, 0.1) is 10.6 Å². The molecule has 0 saturated heterocycles. The van der Waals surface area contributed by atoms with E-state index in [0.717, 1.165) is 16.2 Å². The van der Waals surface area contributed by atoms with E-state index in [9.17, 15) is 0 Å². The molecule has 0 aliphatic heterocycles. The van der Waals surface area contributed by atoms with Gasteiger partial charge in [0.15, 0.2) is 5.13 Å². The topological polar surface area (TPSA) is 24.9 Å². The molecule has 2 nitrogen and oxygen atoms in total. The molecule has 1 rings (SSSR count). The number of nitrogens with zero attached hydrogens (tertiary/aromatic N) is 1. The van der Waals surface area contributed by atoms with Crippen LogP contribution in [-0.4, -0.2) is 17.4 Å². The maximum Gasteiger partial charge on any atom is 0.183 e. The fourth-order valence-corrected chi connectivity index (χ4v) is 2.85. The van der Waals surface area contributed by atoms with Crippen LogP contribution in [0.3, 0.4) is 0 Å². The monoisotopic (exact) mass is 260 g/mol. The van der Waals surface area contributed by atoms with E-state index in [4.69, 9.17) is 0 Å². The van der Waals surface area contributed by atoms with Crippen molar-refractivity contribution in [2.24, 2.45) is 0 Å². The van der Waals surface area contributed by atoms with Gasteiger partial charge in [-0.05, 0) is 19.4 Å². The molecule has 0 bridgehead atoms. The molecule has 0 aromatic carbocycles. The van der Waals surface area contributed by atoms with Gasteiger partial charge in [0.2, 0.25) is 0 Å². The van der Waals surface area contributed by atoms with E-state index in [0.29, 0.717) is 0 Å². The summed E-state index contributed by atoms with van der Waals surface area (Å²) < 4.78 is 0. The van der Waals surface area contributed by atoms with Gasteiger partial charge in [0, 0.05) is 12.4 Å². The maximum absolute atomic E-state index is 4.39. The van der Waals surface area contributed by atoms with Crippen molar-refractivity contribution in [3.8, 4) is 0 Å². The SMILES string of the molecule is C/C=C(/CBr)c1sc(NC)nc1C. The van der Waals surface area contributed by atoms with E-state index in [1.165, 1.54) is 10.5 Å². The van der Waals surface area contributed by atoms with Crippen molar-refractivity contribution in [1.29, 1.82) is 0 Å². The second-order valence-electron chi connectivity index (χ2n) is 2.63. The summed E-state index contributed by atoms with van der Waals surface area (Å²) >= 11 is 5.16. The van der Waals surface area contributed by atoms with Crippen molar-refractivity contribution in [3.63, 3.8) is 0 Å². The van der Waals surface area contributed by atoms with Gasteiger partial charge in [-0.15, -0.1) is 0 Å². The highest BCUT2D eigenvalue weighted by Crippen LogP contribution is 2.29. The zero-order chi connectivity index (χ0) is 9.84. The molecule has 0 unspecified atom stereocenters. The number of halogens is 1. The molecule has 1 aromatic rings. The first-order chi connectivity index (χ1) is 6.22. The molecule has 0 atom stereocenters. The van der Waals surface area contributed by atoms with Crippen molar-refractivity contribution in [2.45, 2.75) is 13.8 Å². The lowest BCUT2D eigenvalue weighted by Gasteiger charge is -1.98. The number of alkyl halides is 1. The molecule has 1 aromatic heterocycles. The molecule has 4 heteroatoms. The van der Waals surface area contributed by atoms with Crippen LogP contribution < -0.4 is 5.32 Å². The number of hydrogen-bond acceptors (Lipinski definition) is 3. The summed E-state index contributed by atoms with van der Waals surface area (Å²) in [5.41, 5.74) is 2.40. The third kappa shape index (κ3) is 2.31. The van der Waals surface area contributed by atoms with Gasteiger partial charge in [-0.3, -0.25) is 0 Å². The zero-order valence-electron chi connectivity index (χ0n) is 8.02. The summed E-state index contributed by atoms with van der Waals surface area (Å²) in [5.74, 6) is 0. The quantitative estimate of drug-likeness (QED) is 0.844. The second kappa shape index (κ2) is 4.77. The molecular weight excluding hydrogens is 248 g/mol. The zero-order valence-corrected chi connectivity index (χ0v) is 10.4. The van der Waals surface area contributed by atoms with Gasteiger partial charge in [-0.1, -0.05) is 33.3 Å². The van der Waals surface area contributed by atoms with Gasteiger partial charge >= 0.3 is 0 Å². The number of aromatic nitrogens is 1. The van der Waals surface area contributed by atoms with Crippen LogP contribution >= 0.6 is 27.3 Å². The maximum atomic E-state index is 4.39. The fourth-order valence-electron chi connectivity index (χ4n) is 1.07. The highest BCUT2D eigenvalue weighted by Gasteiger charge is 2.09. The van der Waals surface area contributed by atoms with Crippen LogP contribution in [-0.2, 0) is 0 Å². The molecule has 0 saturated carbocycles. The standard InChI is InChI=1S/C9H13BrN2S/c1-4-7(5-10)8-6(2)12-9(11-3)13-8/h4H,5H2,1-3H3,(H,11,12)/b7-4-. The molecule has 0 fully saturated rings. The van der Waals surface area contributed by atoms with Crippen molar-refractivity contribution in [2.75, 3.05) is 17.7 Å². The molecule has 72 valence electrons.